The van der Waals surface area contributed by atoms with Gasteiger partial charge in [0.05, 0.1) is 27.5 Å². The number of aromatic nitrogens is 3. The van der Waals surface area contributed by atoms with Gasteiger partial charge < -0.3 is 20.4 Å². The van der Waals surface area contributed by atoms with Crippen LogP contribution in [-0.4, -0.2) is 48.6 Å². The first-order valence-corrected chi connectivity index (χ1v) is 12.6. The zero-order valence-electron chi connectivity index (χ0n) is 18.4. The van der Waals surface area contributed by atoms with Crippen molar-refractivity contribution in [2.75, 3.05) is 24.2 Å². The minimum absolute atomic E-state index is 0.215. The summed E-state index contributed by atoms with van der Waals surface area (Å²) >= 11 is 0. The molecule has 1 atom stereocenters. The molecule has 2 aromatic heterocycles. The lowest BCUT2D eigenvalue weighted by molar-refractivity contribution is -0.121. The number of carbonyl (C=O) groups excluding carboxylic acids is 1. The topological polar surface area (TPSA) is 131 Å². The number of aromatic amines is 1. The lowest BCUT2D eigenvalue weighted by Crippen LogP contribution is -2.27. The Morgan fingerprint density at radius 3 is 2.62 bits per heavy atom. The third-order valence-corrected chi connectivity index (χ3v) is 7.01. The van der Waals surface area contributed by atoms with Crippen molar-refractivity contribution in [2.24, 2.45) is 11.7 Å². The van der Waals surface area contributed by atoms with Crippen molar-refractivity contribution in [3.8, 4) is 23.0 Å². The number of primary amides is 1. The van der Waals surface area contributed by atoms with Gasteiger partial charge in [-0.1, -0.05) is 6.07 Å². The number of benzene rings is 2. The van der Waals surface area contributed by atoms with Crippen LogP contribution in [-0.2, 0) is 14.6 Å². The molecule has 0 saturated carbocycles. The molecule has 1 fully saturated rings. The summed E-state index contributed by atoms with van der Waals surface area (Å²) in [5.74, 6) is 1.11. The standard InChI is InChI=1S/C24H23N5O4S/c1-34(31,32)17-7-5-16(6-8-17)33-22-13-20-19(27-24(28-20)18-4-2-3-10-26-18)12-21(22)29-11-9-15(14-29)23(25)30/h2-8,10,12-13,15H,9,11,14H2,1H3,(H2,25,30)(H,27,28). The molecule has 174 valence electrons. The molecule has 9 nitrogen and oxygen atoms in total. The van der Waals surface area contributed by atoms with Crippen LogP contribution in [0.3, 0.4) is 0 Å². The van der Waals surface area contributed by atoms with Crippen LogP contribution in [0, 0.1) is 5.92 Å². The summed E-state index contributed by atoms with van der Waals surface area (Å²) < 4.78 is 29.7. The fourth-order valence-electron chi connectivity index (χ4n) is 4.07. The van der Waals surface area contributed by atoms with Crippen LogP contribution in [0.2, 0.25) is 0 Å². The third kappa shape index (κ3) is 4.32. The summed E-state index contributed by atoms with van der Waals surface area (Å²) in [6, 6.07) is 15.6. The van der Waals surface area contributed by atoms with Gasteiger partial charge in [0.1, 0.15) is 11.4 Å². The first-order chi connectivity index (χ1) is 16.3. The van der Waals surface area contributed by atoms with Gasteiger partial charge in [-0.2, -0.15) is 0 Å². The van der Waals surface area contributed by atoms with Crippen LogP contribution in [0.25, 0.3) is 22.6 Å². The van der Waals surface area contributed by atoms with Gasteiger partial charge in [-0.3, -0.25) is 9.78 Å². The fraction of sp³-hybridized carbons (Fsp3) is 0.208. The number of nitrogens with two attached hydrogens (primary N) is 1. The molecule has 34 heavy (non-hydrogen) atoms. The maximum atomic E-state index is 11.8. The smallest absolute Gasteiger partial charge is 0.222 e. The molecule has 5 rings (SSSR count). The Kier molecular flexibility index (Phi) is 5.45. The van der Waals surface area contributed by atoms with Gasteiger partial charge in [0, 0.05) is 31.6 Å². The normalized spacial score (nSPS) is 16.1. The summed E-state index contributed by atoms with van der Waals surface area (Å²) in [5.41, 5.74) is 8.54. The van der Waals surface area contributed by atoms with Crippen LogP contribution >= 0.6 is 0 Å². The molecule has 0 aliphatic carbocycles. The molecule has 3 N–H and O–H groups in total. The number of nitrogens with zero attached hydrogens (tertiary/aromatic N) is 3. The first kappa shape index (κ1) is 21.9. The van der Waals surface area contributed by atoms with Gasteiger partial charge in [0.25, 0.3) is 0 Å². The van der Waals surface area contributed by atoms with Gasteiger partial charge in [-0.25, -0.2) is 13.4 Å². The van der Waals surface area contributed by atoms with Crippen LogP contribution < -0.4 is 15.4 Å². The lowest BCUT2D eigenvalue weighted by atomic mass is 10.1. The van der Waals surface area contributed by atoms with Crippen LogP contribution in [0.4, 0.5) is 5.69 Å². The molecule has 1 unspecified atom stereocenters. The molecular weight excluding hydrogens is 454 g/mol. The molecular formula is C24H23N5O4S. The predicted octanol–water partition coefficient (Wildman–Crippen LogP) is 3.13. The Morgan fingerprint density at radius 2 is 1.97 bits per heavy atom. The quantitative estimate of drug-likeness (QED) is 0.436. The van der Waals surface area contributed by atoms with Crippen molar-refractivity contribution in [3.05, 3.63) is 60.8 Å². The summed E-state index contributed by atoms with van der Waals surface area (Å²) in [6.45, 7) is 1.15. The number of nitrogens with one attached hydrogen (secondary N) is 1. The Labute approximate surface area is 196 Å². The van der Waals surface area contributed by atoms with Crippen molar-refractivity contribution in [3.63, 3.8) is 0 Å². The van der Waals surface area contributed by atoms with Crippen LogP contribution in [0.15, 0.2) is 65.7 Å². The number of hydrogen-bond acceptors (Lipinski definition) is 7. The Hall–Kier alpha value is -3.92. The lowest BCUT2D eigenvalue weighted by Gasteiger charge is -2.22. The Bertz CT molecular complexity index is 1470. The van der Waals surface area contributed by atoms with Crippen LogP contribution in [0.5, 0.6) is 11.5 Å². The number of hydrogen-bond donors (Lipinski definition) is 2. The molecule has 1 aliphatic heterocycles. The van der Waals surface area contributed by atoms with Gasteiger partial charge >= 0.3 is 0 Å². The van der Waals surface area contributed by atoms with E-state index in [1.165, 1.54) is 12.1 Å². The van der Waals surface area contributed by atoms with Gasteiger partial charge in [-0.15, -0.1) is 0 Å². The first-order valence-electron chi connectivity index (χ1n) is 10.8. The van der Waals surface area contributed by atoms with Crippen molar-refractivity contribution < 1.29 is 17.9 Å². The minimum atomic E-state index is -3.31. The Morgan fingerprint density at radius 1 is 1.18 bits per heavy atom. The predicted molar refractivity (Wildman–Crippen MR) is 128 cm³/mol. The van der Waals surface area contributed by atoms with E-state index in [0.717, 1.165) is 17.5 Å². The molecule has 0 bridgehead atoms. The zero-order chi connectivity index (χ0) is 23.9. The fourth-order valence-corrected chi connectivity index (χ4v) is 4.70. The van der Waals surface area contributed by atoms with E-state index in [-0.39, 0.29) is 16.7 Å². The third-order valence-electron chi connectivity index (χ3n) is 5.88. The molecule has 1 saturated heterocycles. The van der Waals surface area contributed by atoms with Gasteiger partial charge in [-0.05, 0) is 48.9 Å². The zero-order valence-corrected chi connectivity index (χ0v) is 19.2. The summed E-state index contributed by atoms with van der Waals surface area (Å²) in [5, 5.41) is 0. The van der Waals surface area contributed by atoms with E-state index in [1.807, 2.05) is 30.3 Å². The summed E-state index contributed by atoms with van der Waals surface area (Å²) in [4.78, 5) is 26.4. The molecule has 0 spiro atoms. The van der Waals surface area contributed by atoms with E-state index in [2.05, 4.69) is 19.9 Å². The molecule has 1 amide bonds. The number of imidazole rings is 1. The highest BCUT2D eigenvalue weighted by molar-refractivity contribution is 7.90. The monoisotopic (exact) mass is 477 g/mol. The number of H-pyrrole nitrogens is 1. The highest BCUT2D eigenvalue weighted by Gasteiger charge is 2.29. The van der Waals surface area contributed by atoms with E-state index < -0.39 is 9.84 Å². The van der Waals surface area contributed by atoms with Crippen LogP contribution in [0.1, 0.15) is 6.42 Å². The minimum Gasteiger partial charge on any atom is -0.455 e. The number of carbonyl (C=O) groups is 1. The maximum absolute atomic E-state index is 11.8. The SMILES string of the molecule is CS(=O)(=O)c1ccc(Oc2cc3nc(-c4ccccn4)[nH]c3cc2N2CCC(C(N)=O)C2)cc1. The second kappa shape index (κ2) is 8.45. The van der Waals surface area contributed by atoms with Crippen molar-refractivity contribution >= 4 is 32.5 Å². The highest BCUT2D eigenvalue weighted by atomic mass is 32.2. The van der Waals surface area contributed by atoms with E-state index in [4.69, 9.17) is 10.5 Å². The number of pyridine rings is 1. The van der Waals surface area contributed by atoms with Crippen molar-refractivity contribution in [1.29, 1.82) is 0 Å². The highest BCUT2D eigenvalue weighted by Crippen LogP contribution is 2.39. The van der Waals surface area contributed by atoms with E-state index in [1.54, 1.807) is 18.3 Å². The number of amides is 1. The summed E-state index contributed by atoms with van der Waals surface area (Å²) in [7, 11) is -3.31. The van der Waals surface area contributed by atoms with E-state index in [9.17, 15) is 13.2 Å². The van der Waals surface area contributed by atoms with E-state index >= 15 is 0 Å². The Balaban J connectivity index is 1.55. The second-order valence-electron chi connectivity index (χ2n) is 8.32. The summed E-state index contributed by atoms with van der Waals surface area (Å²) in [6.07, 6.45) is 3.53. The molecule has 3 heterocycles. The molecule has 10 heteroatoms. The second-order valence-corrected chi connectivity index (χ2v) is 10.3. The number of anilines is 1. The molecule has 4 aromatic rings. The van der Waals surface area contributed by atoms with Crippen molar-refractivity contribution in [1.82, 2.24) is 15.0 Å². The van der Waals surface area contributed by atoms with Crippen molar-refractivity contribution in [2.45, 2.75) is 11.3 Å². The maximum Gasteiger partial charge on any atom is 0.222 e. The average molecular weight is 478 g/mol. The van der Waals surface area contributed by atoms with E-state index in [0.29, 0.717) is 48.0 Å². The number of sulfone groups is 1. The van der Waals surface area contributed by atoms with Gasteiger partial charge in [0.2, 0.25) is 5.91 Å². The number of rotatable bonds is 6. The average Bonchev–Trinajstić information content (AvgIpc) is 3.46. The number of fused-ring (bicyclic) bond motifs is 1. The number of ether oxygens (including phenoxy) is 1. The molecule has 0 radical (unpaired) electrons. The molecule has 2 aromatic carbocycles. The largest absolute Gasteiger partial charge is 0.455 e. The van der Waals surface area contributed by atoms with Gasteiger partial charge in [0.15, 0.2) is 21.4 Å². The molecule has 1 aliphatic rings.